The van der Waals surface area contributed by atoms with Gasteiger partial charge < -0.3 is 0 Å². The van der Waals surface area contributed by atoms with Crippen LogP contribution in [-0.4, -0.2) is 12.1 Å². The molecule has 0 spiro atoms. The molecule has 0 amide bonds. The third-order valence-corrected chi connectivity index (χ3v) is 3.95. The first-order chi connectivity index (χ1) is 7.34. The van der Waals surface area contributed by atoms with Gasteiger partial charge in [-0.3, -0.25) is 0 Å². The van der Waals surface area contributed by atoms with Crippen LogP contribution in [0.4, 0.5) is 0 Å². The lowest BCUT2D eigenvalue weighted by atomic mass is 9.88. The molecule has 2 rings (SSSR count). The summed E-state index contributed by atoms with van der Waals surface area (Å²) < 4.78 is 0. The molecular weight excluding hydrogens is 184 g/mol. The minimum Gasteiger partial charge on any atom is -0.191 e. The van der Waals surface area contributed by atoms with Crippen LogP contribution in [0.25, 0.3) is 0 Å². The van der Waals surface area contributed by atoms with Crippen LogP contribution in [0.2, 0.25) is 0 Å². The summed E-state index contributed by atoms with van der Waals surface area (Å²) in [5, 5.41) is 9.12. The van der Waals surface area contributed by atoms with Crippen molar-refractivity contribution < 1.29 is 0 Å². The zero-order valence-electron chi connectivity index (χ0n) is 9.99. The summed E-state index contributed by atoms with van der Waals surface area (Å²) in [5.41, 5.74) is 0. The van der Waals surface area contributed by atoms with Gasteiger partial charge in [0.2, 0.25) is 0 Å². The Bertz CT molecular complexity index is 199. The van der Waals surface area contributed by atoms with Crippen LogP contribution in [-0.2, 0) is 0 Å². The molecule has 0 unspecified atom stereocenters. The second-order valence-electron chi connectivity index (χ2n) is 5.44. The molecule has 0 saturated heterocycles. The monoisotopic (exact) mass is 208 g/mol. The number of hydrogen-bond donors (Lipinski definition) is 0. The van der Waals surface area contributed by atoms with E-state index in [-0.39, 0.29) is 0 Å². The van der Waals surface area contributed by atoms with Crippen molar-refractivity contribution in [1.29, 1.82) is 0 Å². The predicted molar refractivity (Wildman–Crippen MR) is 63.1 cm³/mol. The Labute approximate surface area is 93.6 Å². The average molecular weight is 208 g/mol. The molecule has 0 bridgehead atoms. The summed E-state index contributed by atoms with van der Waals surface area (Å²) in [5.74, 6) is 0.922. The van der Waals surface area contributed by atoms with Gasteiger partial charge in [0.05, 0.1) is 12.1 Å². The third kappa shape index (κ3) is 3.58. The maximum absolute atomic E-state index is 4.57. The molecule has 2 aliphatic carbocycles. The summed E-state index contributed by atoms with van der Waals surface area (Å²) in [7, 11) is 0. The highest BCUT2D eigenvalue weighted by molar-refractivity contribution is 4.76. The van der Waals surface area contributed by atoms with Gasteiger partial charge >= 0.3 is 0 Å². The molecule has 0 heterocycles. The van der Waals surface area contributed by atoms with Crippen LogP contribution in [0.15, 0.2) is 10.2 Å². The SMILES string of the molecule is CC1CCC(N=NC2CCCCC2)CC1. The molecule has 0 radical (unpaired) electrons. The summed E-state index contributed by atoms with van der Waals surface area (Å²) in [6.45, 7) is 2.36. The first kappa shape index (κ1) is 11.1. The summed E-state index contributed by atoms with van der Waals surface area (Å²) in [6, 6.07) is 1.13. The Morgan fingerprint density at radius 1 is 0.667 bits per heavy atom. The molecule has 2 nitrogen and oxygen atoms in total. The van der Waals surface area contributed by atoms with Crippen LogP contribution in [0, 0.1) is 5.92 Å². The van der Waals surface area contributed by atoms with Gasteiger partial charge in [0.1, 0.15) is 0 Å². The van der Waals surface area contributed by atoms with Crippen molar-refractivity contribution in [3.63, 3.8) is 0 Å². The Morgan fingerprint density at radius 2 is 1.20 bits per heavy atom. The standard InChI is InChI=1S/C13H24N2/c1-11-7-9-13(10-8-11)15-14-12-5-3-2-4-6-12/h11-13H,2-10H2,1H3. The molecule has 0 atom stereocenters. The molecule has 0 aliphatic heterocycles. The summed E-state index contributed by atoms with van der Waals surface area (Å²) >= 11 is 0. The highest BCUT2D eigenvalue weighted by Crippen LogP contribution is 2.27. The van der Waals surface area contributed by atoms with Crippen molar-refractivity contribution in [1.82, 2.24) is 0 Å². The lowest BCUT2D eigenvalue weighted by molar-refractivity contribution is 0.332. The van der Waals surface area contributed by atoms with Crippen LogP contribution in [0.3, 0.4) is 0 Å². The molecule has 2 aliphatic rings. The van der Waals surface area contributed by atoms with E-state index in [1.54, 1.807) is 0 Å². The molecular formula is C13H24N2. The van der Waals surface area contributed by atoms with E-state index in [9.17, 15) is 0 Å². The zero-order chi connectivity index (χ0) is 10.5. The first-order valence-corrected chi connectivity index (χ1v) is 6.74. The number of hydrogen-bond acceptors (Lipinski definition) is 2. The third-order valence-electron chi connectivity index (χ3n) is 3.95. The van der Waals surface area contributed by atoms with Gasteiger partial charge in [-0.1, -0.05) is 26.2 Å². The molecule has 0 N–H and O–H groups in total. The van der Waals surface area contributed by atoms with Crippen molar-refractivity contribution in [2.45, 2.75) is 76.8 Å². The molecule has 0 aromatic heterocycles. The van der Waals surface area contributed by atoms with Crippen LogP contribution < -0.4 is 0 Å². The molecule has 0 aromatic rings. The highest BCUT2D eigenvalue weighted by Gasteiger charge is 2.18. The minimum absolute atomic E-state index is 0.558. The van der Waals surface area contributed by atoms with Gasteiger partial charge in [-0.2, -0.15) is 10.2 Å². The average Bonchev–Trinajstić information content (AvgIpc) is 2.30. The Kier molecular flexibility index (Phi) is 4.16. The molecule has 2 heteroatoms. The van der Waals surface area contributed by atoms with E-state index in [4.69, 9.17) is 0 Å². The van der Waals surface area contributed by atoms with E-state index >= 15 is 0 Å². The molecule has 0 aromatic carbocycles. The maximum atomic E-state index is 4.57. The highest BCUT2D eigenvalue weighted by atomic mass is 15.1. The zero-order valence-corrected chi connectivity index (χ0v) is 9.99. The molecule has 15 heavy (non-hydrogen) atoms. The van der Waals surface area contributed by atoms with E-state index in [2.05, 4.69) is 17.2 Å². The van der Waals surface area contributed by atoms with Gasteiger partial charge in [0.25, 0.3) is 0 Å². The fourth-order valence-electron chi connectivity index (χ4n) is 2.74. The van der Waals surface area contributed by atoms with Crippen molar-refractivity contribution in [3.8, 4) is 0 Å². The van der Waals surface area contributed by atoms with Gasteiger partial charge in [0, 0.05) is 0 Å². The Balaban J connectivity index is 1.73. The summed E-state index contributed by atoms with van der Waals surface area (Å²) in [6.07, 6.45) is 12.0. The number of rotatable bonds is 2. The van der Waals surface area contributed by atoms with Crippen molar-refractivity contribution >= 4 is 0 Å². The van der Waals surface area contributed by atoms with Gasteiger partial charge in [0.15, 0.2) is 0 Å². The second-order valence-corrected chi connectivity index (χ2v) is 5.44. The second kappa shape index (κ2) is 5.62. The lowest BCUT2D eigenvalue weighted by Crippen LogP contribution is -2.16. The Morgan fingerprint density at radius 3 is 1.80 bits per heavy atom. The number of azo groups is 1. The maximum Gasteiger partial charge on any atom is 0.0708 e. The van der Waals surface area contributed by atoms with Crippen molar-refractivity contribution in [3.05, 3.63) is 0 Å². The predicted octanol–water partition coefficient (Wildman–Crippen LogP) is 4.35. The normalized spacial score (nSPS) is 34.7. The van der Waals surface area contributed by atoms with Crippen molar-refractivity contribution in [2.75, 3.05) is 0 Å². The fraction of sp³-hybridized carbons (Fsp3) is 1.00. The molecule has 2 saturated carbocycles. The quantitative estimate of drug-likeness (QED) is 0.603. The van der Waals surface area contributed by atoms with E-state index < -0.39 is 0 Å². The van der Waals surface area contributed by atoms with E-state index in [1.807, 2.05) is 0 Å². The topological polar surface area (TPSA) is 24.7 Å². The smallest absolute Gasteiger partial charge is 0.0708 e. The van der Waals surface area contributed by atoms with Crippen LogP contribution >= 0.6 is 0 Å². The van der Waals surface area contributed by atoms with E-state index in [1.165, 1.54) is 57.8 Å². The van der Waals surface area contributed by atoms with E-state index in [0.717, 1.165) is 5.92 Å². The lowest BCUT2D eigenvalue weighted by Gasteiger charge is -2.23. The van der Waals surface area contributed by atoms with Gasteiger partial charge in [-0.05, 0) is 44.4 Å². The Hall–Kier alpha value is -0.400. The van der Waals surface area contributed by atoms with Gasteiger partial charge in [-0.15, -0.1) is 0 Å². The molecule has 86 valence electrons. The fourth-order valence-corrected chi connectivity index (χ4v) is 2.74. The van der Waals surface area contributed by atoms with Crippen LogP contribution in [0.5, 0.6) is 0 Å². The van der Waals surface area contributed by atoms with Crippen LogP contribution in [0.1, 0.15) is 64.7 Å². The largest absolute Gasteiger partial charge is 0.191 e. The van der Waals surface area contributed by atoms with E-state index in [0.29, 0.717) is 12.1 Å². The van der Waals surface area contributed by atoms with Crippen molar-refractivity contribution in [2.24, 2.45) is 16.1 Å². The molecule has 2 fully saturated rings. The van der Waals surface area contributed by atoms with Gasteiger partial charge in [-0.25, -0.2) is 0 Å². The first-order valence-electron chi connectivity index (χ1n) is 6.74. The minimum atomic E-state index is 0.558. The number of nitrogens with zero attached hydrogens (tertiary/aromatic N) is 2. The summed E-state index contributed by atoms with van der Waals surface area (Å²) in [4.78, 5) is 0.